The first-order valence-electron chi connectivity index (χ1n) is 6.78. The fourth-order valence-electron chi connectivity index (χ4n) is 1.94. The van der Waals surface area contributed by atoms with Gasteiger partial charge >= 0.3 is 0 Å². The number of halogens is 1. The molecule has 0 aliphatic carbocycles. The highest BCUT2D eigenvalue weighted by Gasteiger charge is 2.03. The van der Waals surface area contributed by atoms with Gasteiger partial charge in [0.2, 0.25) is 0 Å². The van der Waals surface area contributed by atoms with Gasteiger partial charge in [0.1, 0.15) is 12.4 Å². The van der Waals surface area contributed by atoms with E-state index in [-0.39, 0.29) is 0 Å². The van der Waals surface area contributed by atoms with Crippen molar-refractivity contribution in [1.29, 1.82) is 0 Å². The van der Waals surface area contributed by atoms with Gasteiger partial charge in [-0.05, 0) is 43.7 Å². The minimum atomic E-state index is 0.588. The summed E-state index contributed by atoms with van der Waals surface area (Å²) in [5.41, 5.74) is 3.03. The SMILES string of the molecule is CCc1nc(C)ccc1OCCNc1cccc(Cl)c1. The zero-order valence-electron chi connectivity index (χ0n) is 11.8. The van der Waals surface area contributed by atoms with Crippen molar-refractivity contribution >= 4 is 17.3 Å². The van der Waals surface area contributed by atoms with Crippen LogP contribution < -0.4 is 10.1 Å². The van der Waals surface area contributed by atoms with Crippen LogP contribution in [-0.2, 0) is 6.42 Å². The third kappa shape index (κ3) is 4.14. The Morgan fingerprint density at radius 1 is 1.25 bits per heavy atom. The zero-order valence-corrected chi connectivity index (χ0v) is 12.6. The monoisotopic (exact) mass is 290 g/mol. The third-order valence-electron chi connectivity index (χ3n) is 2.92. The number of ether oxygens (including phenoxy) is 1. The Morgan fingerprint density at radius 3 is 2.85 bits per heavy atom. The number of aromatic nitrogens is 1. The van der Waals surface area contributed by atoms with Gasteiger partial charge in [-0.1, -0.05) is 24.6 Å². The van der Waals surface area contributed by atoms with Gasteiger partial charge in [0.05, 0.1) is 5.69 Å². The second-order valence-electron chi connectivity index (χ2n) is 4.54. The molecule has 4 heteroatoms. The first kappa shape index (κ1) is 14.7. The van der Waals surface area contributed by atoms with E-state index in [4.69, 9.17) is 16.3 Å². The number of pyridine rings is 1. The van der Waals surface area contributed by atoms with Crippen LogP contribution in [0.15, 0.2) is 36.4 Å². The predicted molar refractivity (Wildman–Crippen MR) is 83.8 cm³/mol. The van der Waals surface area contributed by atoms with E-state index in [0.717, 1.165) is 40.8 Å². The minimum absolute atomic E-state index is 0.588. The van der Waals surface area contributed by atoms with Crippen LogP contribution in [0.3, 0.4) is 0 Å². The standard InChI is InChI=1S/C16H19ClN2O/c1-3-15-16(8-7-12(2)19-15)20-10-9-18-14-6-4-5-13(17)11-14/h4-8,11,18H,3,9-10H2,1-2H3. The summed E-state index contributed by atoms with van der Waals surface area (Å²) in [4.78, 5) is 4.48. The number of rotatable bonds is 6. The number of benzene rings is 1. The van der Waals surface area contributed by atoms with Gasteiger partial charge in [0.15, 0.2) is 0 Å². The molecular weight excluding hydrogens is 272 g/mol. The van der Waals surface area contributed by atoms with Gasteiger partial charge in [-0.3, -0.25) is 4.98 Å². The van der Waals surface area contributed by atoms with Crippen molar-refractivity contribution in [3.8, 4) is 5.75 Å². The fraction of sp³-hybridized carbons (Fsp3) is 0.312. The molecule has 106 valence electrons. The Morgan fingerprint density at radius 2 is 2.10 bits per heavy atom. The smallest absolute Gasteiger partial charge is 0.140 e. The summed E-state index contributed by atoms with van der Waals surface area (Å²) < 4.78 is 5.78. The molecule has 0 aliphatic heterocycles. The summed E-state index contributed by atoms with van der Waals surface area (Å²) in [6.45, 7) is 5.38. The third-order valence-corrected chi connectivity index (χ3v) is 3.16. The molecule has 0 fully saturated rings. The van der Waals surface area contributed by atoms with E-state index in [1.165, 1.54) is 0 Å². The van der Waals surface area contributed by atoms with E-state index in [1.54, 1.807) is 0 Å². The molecule has 1 N–H and O–H groups in total. The number of nitrogens with zero attached hydrogens (tertiary/aromatic N) is 1. The van der Waals surface area contributed by atoms with Crippen LogP contribution in [0, 0.1) is 6.92 Å². The number of aryl methyl sites for hydroxylation is 2. The van der Waals surface area contributed by atoms with E-state index in [0.29, 0.717) is 6.61 Å². The molecule has 0 radical (unpaired) electrons. The van der Waals surface area contributed by atoms with Crippen LogP contribution >= 0.6 is 11.6 Å². The lowest BCUT2D eigenvalue weighted by Crippen LogP contribution is -2.12. The second kappa shape index (κ2) is 7.15. The molecule has 1 aromatic heterocycles. The molecule has 0 saturated carbocycles. The van der Waals surface area contributed by atoms with Crippen LogP contribution in [0.2, 0.25) is 5.02 Å². The van der Waals surface area contributed by atoms with Crippen molar-refractivity contribution in [3.05, 3.63) is 52.8 Å². The highest BCUT2D eigenvalue weighted by Crippen LogP contribution is 2.18. The zero-order chi connectivity index (χ0) is 14.4. The molecule has 0 aliphatic rings. The maximum atomic E-state index is 5.93. The molecule has 2 rings (SSSR count). The summed E-state index contributed by atoms with van der Waals surface area (Å²) >= 11 is 5.93. The topological polar surface area (TPSA) is 34.1 Å². The maximum Gasteiger partial charge on any atom is 0.140 e. The lowest BCUT2D eigenvalue weighted by Gasteiger charge is -2.11. The highest BCUT2D eigenvalue weighted by molar-refractivity contribution is 6.30. The molecule has 0 bridgehead atoms. The summed E-state index contributed by atoms with van der Waals surface area (Å²) in [6.07, 6.45) is 0.874. The van der Waals surface area contributed by atoms with Gasteiger partial charge in [0, 0.05) is 22.9 Å². The van der Waals surface area contributed by atoms with Gasteiger partial charge in [-0.15, -0.1) is 0 Å². The molecule has 0 amide bonds. The quantitative estimate of drug-likeness (QED) is 0.814. The van der Waals surface area contributed by atoms with Gasteiger partial charge in [-0.25, -0.2) is 0 Å². The fourth-order valence-corrected chi connectivity index (χ4v) is 2.13. The lowest BCUT2D eigenvalue weighted by molar-refractivity contribution is 0.327. The molecule has 2 aromatic rings. The van der Waals surface area contributed by atoms with E-state index in [9.17, 15) is 0 Å². The van der Waals surface area contributed by atoms with Gasteiger partial charge in [0.25, 0.3) is 0 Å². The molecule has 1 heterocycles. The van der Waals surface area contributed by atoms with Crippen LogP contribution in [0.5, 0.6) is 5.75 Å². The van der Waals surface area contributed by atoms with Gasteiger partial charge in [-0.2, -0.15) is 0 Å². The predicted octanol–water partition coefficient (Wildman–Crippen LogP) is 4.10. The Kier molecular flexibility index (Phi) is 5.24. The molecular formula is C16H19ClN2O. The normalized spacial score (nSPS) is 10.3. The van der Waals surface area contributed by atoms with Crippen LogP contribution in [0.1, 0.15) is 18.3 Å². The molecule has 3 nitrogen and oxygen atoms in total. The molecule has 0 saturated heterocycles. The maximum absolute atomic E-state index is 5.93. The summed E-state index contributed by atoms with van der Waals surface area (Å²) in [5.74, 6) is 0.867. The van der Waals surface area contributed by atoms with Crippen molar-refractivity contribution in [1.82, 2.24) is 4.98 Å². The number of anilines is 1. The van der Waals surface area contributed by atoms with E-state index < -0.39 is 0 Å². The van der Waals surface area contributed by atoms with Crippen molar-refractivity contribution in [2.75, 3.05) is 18.5 Å². The summed E-state index contributed by atoms with van der Waals surface area (Å²) in [7, 11) is 0. The van der Waals surface area contributed by atoms with Crippen molar-refractivity contribution < 1.29 is 4.74 Å². The number of hydrogen-bond donors (Lipinski definition) is 1. The second-order valence-corrected chi connectivity index (χ2v) is 4.97. The molecule has 1 aromatic carbocycles. The van der Waals surface area contributed by atoms with E-state index >= 15 is 0 Å². The Labute approximate surface area is 124 Å². The Bertz CT molecular complexity index is 572. The Balaban J connectivity index is 1.84. The van der Waals surface area contributed by atoms with Crippen molar-refractivity contribution in [2.45, 2.75) is 20.3 Å². The van der Waals surface area contributed by atoms with Gasteiger partial charge < -0.3 is 10.1 Å². The molecule has 0 spiro atoms. The van der Waals surface area contributed by atoms with E-state index in [1.807, 2.05) is 43.3 Å². The largest absolute Gasteiger partial charge is 0.490 e. The summed E-state index contributed by atoms with van der Waals surface area (Å²) in [6, 6.07) is 11.6. The van der Waals surface area contributed by atoms with E-state index in [2.05, 4.69) is 17.2 Å². The first-order chi connectivity index (χ1) is 9.69. The lowest BCUT2D eigenvalue weighted by atomic mass is 10.2. The average Bonchev–Trinajstić information content (AvgIpc) is 2.45. The number of hydrogen-bond acceptors (Lipinski definition) is 3. The average molecular weight is 291 g/mol. The highest BCUT2D eigenvalue weighted by atomic mass is 35.5. The first-order valence-corrected chi connectivity index (χ1v) is 7.15. The van der Waals surface area contributed by atoms with Crippen LogP contribution in [-0.4, -0.2) is 18.1 Å². The summed E-state index contributed by atoms with van der Waals surface area (Å²) in [5, 5.41) is 4.00. The molecule has 0 atom stereocenters. The van der Waals surface area contributed by atoms with Crippen molar-refractivity contribution in [3.63, 3.8) is 0 Å². The minimum Gasteiger partial charge on any atom is -0.490 e. The molecule has 0 unspecified atom stereocenters. The van der Waals surface area contributed by atoms with Crippen LogP contribution in [0.4, 0.5) is 5.69 Å². The number of nitrogens with one attached hydrogen (secondary N) is 1. The molecule has 20 heavy (non-hydrogen) atoms. The van der Waals surface area contributed by atoms with Crippen molar-refractivity contribution in [2.24, 2.45) is 0 Å². The van der Waals surface area contributed by atoms with Crippen LogP contribution in [0.25, 0.3) is 0 Å². The Hall–Kier alpha value is -1.74.